The van der Waals surface area contributed by atoms with Crippen LogP contribution in [0.5, 0.6) is 0 Å². The molecule has 7 heteroatoms. The van der Waals surface area contributed by atoms with Crippen molar-refractivity contribution in [1.29, 1.82) is 0 Å². The Morgan fingerprint density at radius 2 is 2.05 bits per heavy atom. The highest BCUT2D eigenvalue weighted by Gasteiger charge is 2.31. The SMILES string of the molecule is CC(Cl)C1CCN(C(=O)c2c(Cl)cccc2[N+](=O)[O-])CC1. The van der Waals surface area contributed by atoms with Crippen LogP contribution in [0.25, 0.3) is 0 Å². The fourth-order valence-electron chi connectivity index (χ4n) is 2.60. The van der Waals surface area contributed by atoms with Gasteiger partial charge >= 0.3 is 0 Å². The molecule has 1 fully saturated rings. The van der Waals surface area contributed by atoms with Crippen molar-refractivity contribution in [3.63, 3.8) is 0 Å². The van der Waals surface area contributed by atoms with Gasteiger partial charge in [-0.3, -0.25) is 14.9 Å². The van der Waals surface area contributed by atoms with Crippen LogP contribution in [-0.4, -0.2) is 34.2 Å². The summed E-state index contributed by atoms with van der Waals surface area (Å²) in [5.41, 5.74) is -0.276. The predicted octanol–water partition coefficient (Wildman–Crippen LogP) is 3.73. The lowest BCUT2D eigenvalue weighted by Gasteiger charge is -2.33. The minimum Gasteiger partial charge on any atom is -0.338 e. The summed E-state index contributed by atoms with van der Waals surface area (Å²) in [6.07, 6.45) is 1.60. The van der Waals surface area contributed by atoms with Crippen LogP contribution in [0.1, 0.15) is 30.1 Å². The van der Waals surface area contributed by atoms with Crippen molar-refractivity contribution in [2.75, 3.05) is 13.1 Å². The fraction of sp³-hybridized carbons (Fsp3) is 0.500. The van der Waals surface area contributed by atoms with Gasteiger partial charge in [-0.25, -0.2) is 0 Å². The first-order chi connectivity index (χ1) is 9.91. The second-order valence-corrected chi connectivity index (χ2v) is 6.29. The number of carbonyl (C=O) groups is 1. The van der Waals surface area contributed by atoms with Gasteiger partial charge in [0.1, 0.15) is 5.56 Å². The first-order valence-corrected chi connectivity index (χ1v) is 7.59. The van der Waals surface area contributed by atoms with Gasteiger partial charge in [-0.05, 0) is 31.7 Å². The summed E-state index contributed by atoms with van der Waals surface area (Å²) >= 11 is 12.1. The lowest BCUT2D eigenvalue weighted by Crippen LogP contribution is -2.40. The largest absolute Gasteiger partial charge is 0.338 e. The fourth-order valence-corrected chi connectivity index (χ4v) is 3.10. The molecule has 0 aromatic heterocycles. The summed E-state index contributed by atoms with van der Waals surface area (Å²) < 4.78 is 0. The van der Waals surface area contributed by atoms with Gasteiger partial charge in [-0.2, -0.15) is 0 Å². The Morgan fingerprint density at radius 3 is 2.57 bits per heavy atom. The van der Waals surface area contributed by atoms with Gasteiger partial charge in [0.25, 0.3) is 11.6 Å². The molecule has 0 spiro atoms. The van der Waals surface area contributed by atoms with E-state index in [0.717, 1.165) is 12.8 Å². The van der Waals surface area contributed by atoms with Crippen molar-refractivity contribution in [1.82, 2.24) is 4.90 Å². The molecule has 114 valence electrons. The molecule has 1 saturated heterocycles. The third-order valence-corrected chi connectivity index (χ3v) is 4.55. The lowest BCUT2D eigenvalue weighted by atomic mass is 9.93. The number of nitro groups is 1. The average Bonchev–Trinajstić information content (AvgIpc) is 2.46. The Bertz CT molecular complexity index is 555. The topological polar surface area (TPSA) is 63.5 Å². The van der Waals surface area contributed by atoms with E-state index in [2.05, 4.69) is 0 Å². The Labute approximate surface area is 133 Å². The van der Waals surface area contributed by atoms with E-state index in [1.54, 1.807) is 4.90 Å². The molecule has 0 aliphatic carbocycles. The van der Waals surface area contributed by atoms with Crippen LogP contribution in [0.3, 0.4) is 0 Å². The van der Waals surface area contributed by atoms with E-state index >= 15 is 0 Å². The molecular weight excluding hydrogens is 315 g/mol. The van der Waals surface area contributed by atoms with Gasteiger partial charge in [0, 0.05) is 24.5 Å². The standard InChI is InChI=1S/C14H16Cl2N2O3/c1-9(15)10-5-7-17(8-6-10)14(19)13-11(16)3-2-4-12(13)18(20)21/h2-4,9-10H,5-8H2,1H3. The second kappa shape index (κ2) is 6.62. The number of hydrogen-bond acceptors (Lipinski definition) is 3. The number of carbonyl (C=O) groups excluding carboxylic acids is 1. The Hall–Kier alpha value is -1.33. The summed E-state index contributed by atoms with van der Waals surface area (Å²) in [6.45, 7) is 3.04. The Balaban J connectivity index is 2.20. The molecule has 1 aliphatic heterocycles. The zero-order valence-corrected chi connectivity index (χ0v) is 13.1. The van der Waals surface area contributed by atoms with Crippen molar-refractivity contribution in [2.24, 2.45) is 5.92 Å². The molecule has 0 radical (unpaired) electrons. The first kappa shape index (κ1) is 16.0. The predicted molar refractivity (Wildman–Crippen MR) is 82.0 cm³/mol. The van der Waals surface area contributed by atoms with Crippen LogP contribution < -0.4 is 0 Å². The number of piperidine rings is 1. The summed E-state index contributed by atoms with van der Waals surface area (Å²) in [5.74, 6) is -0.00933. The van der Waals surface area contributed by atoms with Crippen molar-refractivity contribution < 1.29 is 9.72 Å². The number of nitro benzene ring substituents is 1. The minimum atomic E-state index is -0.577. The van der Waals surface area contributed by atoms with E-state index in [4.69, 9.17) is 23.2 Å². The van der Waals surface area contributed by atoms with E-state index in [0.29, 0.717) is 19.0 Å². The Morgan fingerprint density at radius 1 is 1.43 bits per heavy atom. The molecular formula is C14H16Cl2N2O3. The molecule has 1 aromatic rings. The Kier molecular flexibility index (Phi) is 5.06. The maximum absolute atomic E-state index is 12.5. The van der Waals surface area contributed by atoms with Crippen LogP contribution in [0.2, 0.25) is 5.02 Å². The molecule has 2 rings (SSSR count). The van der Waals surface area contributed by atoms with Gasteiger partial charge in [-0.1, -0.05) is 17.7 Å². The molecule has 1 aliphatic rings. The van der Waals surface area contributed by atoms with Gasteiger partial charge in [-0.15, -0.1) is 11.6 Å². The number of nitrogens with zero attached hydrogens (tertiary/aromatic N) is 2. The number of hydrogen-bond donors (Lipinski definition) is 0. The van der Waals surface area contributed by atoms with Crippen LogP contribution in [0.15, 0.2) is 18.2 Å². The number of likely N-dealkylation sites (tertiary alicyclic amines) is 1. The second-order valence-electron chi connectivity index (χ2n) is 5.20. The molecule has 1 unspecified atom stereocenters. The molecule has 0 saturated carbocycles. The highest BCUT2D eigenvalue weighted by molar-refractivity contribution is 6.34. The van der Waals surface area contributed by atoms with E-state index < -0.39 is 4.92 Å². The molecule has 0 bridgehead atoms. The van der Waals surface area contributed by atoms with E-state index in [1.165, 1.54) is 18.2 Å². The first-order valence-electron chi connectivity index (χ1n) is 6.78. The highest BCUT2D eigenvalue weighted by atomic mass is 35.5. The molecule has 21 heavy (non-hydrogen) atoms. The van der Waals surface area contributed by atoms with Gasteiger partial charge in [0.2, 0.25) is 0 Å². The van der Waals surface area contributed by atoms with Gasteiger partial charge in [0.05, 0.1) is 9.95 Å². The highest BCUT2D eigenvalue weighted by Crippen LogP contribution is 2.30. The van der Waals surface area contributed by atoms with Crippen molar-refractivity contribution in [3.8, 4) is 0 Å². The zero-order chi connectivity index (χ0) is 15.6. The minimum absolute atomic E-state index is 0.0264. The number of halogens is 2. The third kappa shape index (κ3) is 3.47. The van der Waals surface area contributed by atoms with E-state index in [-0.39, 0.29) is 27.6 Å². The monoisotopic (exact) mass is 330 g/mol. The zero-order valence-electron chi connectivity index (χ0n) is 11.6. The number of benzene rings is 1. The molecule has 1 amide bonds. The van der Waals surface area contributed by atoms with Crippen LogP contribution in [0, 0.1) is 16.0 Å². The van der Waals surface area contributed by atoms with Crippen LogP contribution in [-0.2, 0) is 0 Å². The normalized spacial score (nSPS) is 17.6. The van der Waals surface area contributed by atoms with Crippen molar-refractivity contribution in [3.05, 3.63) is 38.9 Å². The molecule has 1 aromatic carbocycles. The van der Waals surface area contributed by atoms with Crippen LogP contribution >= 0.6 is 23.2 Å². The number of amides is 1. The number of alkyl halides is 1. The average molecular weight is 331 g/mol. The maximum atomic E-state index is 12.5. The summed E-state index contributed by atoms with van der Waals surface area (Å²) in [6, 6.07) is 4.26. The molecule has 0 N–H and O–H groups in total. The van der Waals surface area contributed by atoms with E-state index in [9.17, 15) is 14.9 Å². The lowest BCUT2D eigenvalue weighted by molar-refractivity contribution is -0.385. The number of rotatable bonds is 3. The van der Waals surface area contributed by atoms with Crippen molar-refractivity contribution in [2.45, 2.75) is 25.1 Å². The van der Waals surface area contributed by atoms with Crippen LogP contribution in [0.4, 0.5) is 5.69 Å². The summed E-state index contributed by atoms with van der Waals surface area (Å²) in [5, 5.41) is 11.2. The molecule has 1 heterocycles. The molecule has 5 nitrogen and oxygen atoms in total. The molecule has 1 atom stereocenters. The summed E-state index contributed by atoms with van der Waals surface area (Å²) in [4.78, 5) is 24.6. The third-order valence-electron chi connectivity index (χ3n) is 3.88. The van der Waals surface area contributed by atoms with E-state index in [1.807, 2.05) is 6.92 Å². The van der Waals surface area contributed by atoms with Crippen molar-refractivity contribution >= 4 is 34.8 Å². The quantitative estimate of drug-likeness (QED) is 0.482. The smallest absolute Gasteiger partial charge is 0.283 e. The van der Waals surface area contributed by atoms with Gasteiger partial charge < -0.3 is 4.90 Å². The summed E-state index contributed by atoms with van der Waals surface area (Å²) in [7, 11) is 0. The van der Waals surface area contributed by atoms with Gasteiger partial charge in [0.15, 0.2) is 0 Å². The maximum Gasteiger partial charge on any atom is 0.283 e.